The van der Waals surface area contributed by atoms with Crippen LogP contribution in [0.4, 0.5) is 0 Å². The molecule has 0 aromatic heterocycles. The van der Waals surface area contributed by atoms with E-state index in [9.17, 15) is 4.79 Å². The summed E-state index contributed by atoms with van der Waals surface area (Å²) in [6.45, 7) is 5.02. The maximum Gasteiger partial charge on any atom is 0.240 e. The summed E-state index contributed by atoms with van der Waals surface area (Å²) in [7, 11) is 0. The van der Waals surface area contributed by atoms with Gasteiger partial charge in [-0.3, -0.25) is 4.79 Å². The van der Waals surface area contributed by atoms with Crippen molar-refractivity contribution in [2.75, 3.05) is 6.54 Å². The van der Waals surface area contributed by atoms with Gasteiger partial charge in [0.05, 0.1) is 11.6 Å². The van der Waals surface area contributed by atoms with Crippen LogP contribution >= 0.6 is 11.6 Å². The topological polar surface area (TPSA) is 41.1 Å². The Bertz CT molecular complexity index is 469. The van der Waals surface area contributed by atoms with Crippen molar-refractivity contribution in [3.63, 3.8) is 0 Å². The number of carbonyl (C=O) groups excluding carboxylic acids is 1. The van der Waals surface area contributed by atoms with Crippen LogP contribution in [0.2, 0.25) is 5.02 Å². The molecule has 0 saturated carbocycles. The van der Waals surface area contributed by atoms with Crippen molar-refractivity contribution in [1.82, 2.24) is 10.6 Å². The Kier molecular flexibility index (Phi) is 5.06. The molecule has 1 saturated heterocycles. The zero-order chi connectivity index (χ0) is 14.6. The van der Waals surface area contributed by atoms with Gasteiger partial charge < -0.3 is 10.6 Å². The largest absolute Gasteiger partial charge is 0.348 e. The molecular formula is C16H23ClN2O. The Morgan fingerprint density at radius 3 is 2.85 bits per heavy atom. The van der Waals surface area contributed by atoms with E-state index in [4.69, 9.17) is 11.6 Å². The lowest BCUT2D eigenvalue weighted by Gasteiger charge is -2.30. The summed E-state index contributed by atoms with van der Waals surface area (Å²) in [5, 5.41) is 7.21. The first-order chi connectivity index (χ1) is 9.59. The molecule has 1 heterocycles. The highest BCUT2D eigenvalue weighted by Crippen LogP contribution is 2.27. The molecule has 0 spiro atoms. The number of nitrogens with one attached hydrogen (secondary N) is 2. The normalized spacial score (nSPS) is 23.6. The first-order valence-corrected chi connectivity index (χ1v) is 7.77. The van der Waals surface area contributed by atoms with Gasteiger partial charge in [-0.25, -0.2) is 0 Å². The standard InChI is InChI=1S/C16H23ClN2O/c1-3-9-16(10-6-11-18-16)15(20)19-12(2)13-7-4-5-8-14(13)17/h4-5,7-8,12,18H,3,6,9-11H2,1-2H3,(H,19,20)/t12-,16?/m0/s1. The molecule has 1 fully saturated rings. The molecule has 1 aromatic rings. The van der Waals surface area contributed by atoms with E-state index >= 15 is 0 Å². The third-order valence-electron chi connectivity index (χ3n) is 4.07. The van der Waals surface area contributed by atoms with Crippen molar-refractivity contribution in [3.8, 4) is 0 Å². The number of rotatable bonds is 5. The number of carbonyl (C=O) groups is 1. The lowest BCUT2D eigenvalue weighted by Crippen LogP contribution is -2.53. The first-order valence-electron chi connectivity index (χ1n) is 7.39. The summed E-state index contributed by atoms with van der Waals surface area (Å²) in [5.41, 5.74) is 0.580. The molecule has 0 radical (unpaired) electrons. The van der Waals surface area contributed by atoms with E-state index in [0.717, 1.165) is 37.8 Å². The average molecular weight is 295 g/mol. The van der Waals surface area contributed by atoms with Crippen LogP contribution in [0.1, 0.15) is 51.1 Å². The first kappa shape index (κ1) is 15.3. The van der Waals surface area contributed by atoms with E-state index in [2.05, 4.69) is 17.6 Å². The molecule has 2 atom stereocenters. The minimum Gasteiger partial charge on any atom is -0.348 e. The summed E-state index contributed by atoms with van der Waals surface area (Å²) >= 11 is 6.19. The summed E-state index contributed by atoms with van der Waals surface area (Å²) in [4.78, 5) is 12.6. The minimum atomic E-state index is -0.385. The molecule has 3 nitrogen and oxygen atoms in total. The van der Waals surface area contributed by atoms with Gasteiger partial charge in [0, 0.05) is 5.02 Å². The molecule has 2 N–H and O–H groups in total. The Morgan fingerprint density at radius 1 is 1.50 bits per heavy atom. The van der Waals surface area contributed by atoms with Crippen LogP contribution in [0, 0.1) is 0 Å². The van der Waals surface area contributed by atoms with Crippen molar-refractivity contribution >= 4 is 17.5 Å². The second-order valence-corrected chi connectivity index (χ2v) is 5.99. The van der Waals surface area contributed by atoms with E-state index in [1.54, 1.807) is 0 Å². The Labute approximate surface area is 126 Å². The van der Waals surface area contributed by atoms with Crippen LogP contribution in [-0.2, 0) is 4.79 Å². The predicted octanol–water partition coefficient (Wildman–Crippen LogP) is 3.44. The highest BCUT2D eigenvalue weighted by atomic mass is 35.5. The number of amides is 1. The molecule has 110 valence electrons. The average Bonchev–Trinajstić information content (AvgIpc) is 2.89. The van der Waals surface area contributed by atoms with E-state index in [-0.39, 0.29) is 17.5 Å². The second kappa shape index (κ2) is 6.59. The van der Waals surface area contributed by atoms with Crippen molar-refractivity contribution in [2.45, 2.75) is 51.1 Å². The molecular weight excluding hydrogens is 272 g/mol. The molecule has 0 aliphatic carbocycles. The zero-order valence-electron chi connectivity index (χ0n) is 12.2. The molecule has 2 rings (SSSR count). The van der Waals surface area contributed by atoms with Crippen LogP contribution < -0.4 is 10.6 Å². The molecule has 4 heteroatoms. The molecule has 1 amide bonds. The van der Waals surface area contributed by atoms with E-state index in [0.29, 0.717) is 5.02 Å². The summed E-state index contributed by atoms with van der Waals surface area (Å²) in [6.07, 6.45) is 3.87. The van der Waals surface area contributed by atoms with Crippen molar-refractivity contribution in [3.05, 3.63) is 34.9 Å². The van der Waals surface area contributed by atoms with Crippen molar-refractivity contribution in [1.29, 1.82) is 0 Å². The van der Waals surface area contributed by atoms with Gasteiger partial charge in [-0.15, -0.1) is 0 Å². The van der Waals surface area contributed by atoms with Crippen LogP contribution in [0.25, 0.3) is 0 Å². The van der Waals surface area contributed by atoms with Crippen LogP contribution in [-0.4, -0.2) is 18.0 Å². The van der Waals surface area contributed by atoms with Gasteiger partial charge in [0.2, 0.25) is 5.91 Å². The fourth-order valence-corrected chi connectivity index (χ4v) is 3.29. The molecule has 1 aromatic carbocycles. The Balaban J connectivity index is 2.08. The summed E-state index contributed by atoms with van der Waals surface area (Å²) in [5.74, 6) is 0.101. The number of halogens is 1. The van der Waals surface area contributed by atoms with Crippen LogP contribution in [0.5, 0.6) is 0 Å². The van der Waals surface area contributed by atoms with Crippen molar-refractivity contribution in [2.24, 2.45) is 0 Å². The van der Waals surface area contributed by atoms with E-state index < -0.39 is 0 Å². The van der Waals surface area contributed by atoms with Gasteiger partial charge in [-0.2, -0.15) is 0 Å². The number of benzene rings is 1. The van der Waals surface area contributed by atoms with Crippen molar-refractivity contribution < 1.29 is 4.79 Å². The van der Waals surface area contributed by atoms with Gasteiger partial charge in [0.1, 0.15) is 0 Å². The summed E-state index contributed by atoms with van der Waals surface area (Å²) < 4.78 is 0. The van der Waals surface area contributed by atoms with Gasteiger partial charge in [-0.05, 0) is 44.4 Å². The molecule has 0 bridgehead atoms. The third kappa shape index (κ3) is 3.15. The monoisotopic (exact) mass is 294 g/mol. The molecule has 1 aliphatic rings. The SMILES string of the molecule is CCCC1(C(=O)N[C@@H](C)c2ccccc2Cl)CCCN1. The van der Waals surface area contributed by atoms with E-state index in [1.807, 2.05) is 31.2 Å². The van der Waals surface area contributed by atoms with Gasteiger partial charge in [-0.1, -0.05) is 43.1 Å². The van der Waals surface area contributed by atoms with E-state index in [1.165, 1.54) is 0 Å². The molecule has 1 unspecified atom stereocenters. The van der Waals surface area contributed by atoms with Crippen LogP contribution in [0.15, 0.2) is 24.3 Å². The maximum absolute atomic E-state index is 12.6. The zero-order valence-corrected chi connectivity index (χ0v) is 13.0. The highest BCUT2D eigenvalue weighted by molar-refractivity contribution is 6.31. The minimum absolute atomic E-state index is 0.0765. The summed E-state index contributed by atoms with van der Waals surface area (Å²) in [6, 6.07) is 7.58. The van der Waals surface area contributed by atoms with Gasteiger partial charge >= 0.3 is 0 Å². The predicted molar refractivity (Wildman–Crippen MR) is 82.9 cm³/mol. The third-order valence-corrected chi connectivity index (χ3v) is 4.42. The lowest BCUT2D eigenvalue weighted by atomic mass is 9.90. The smallest absolute Gasteiger partial charge is 0.240 e. The molecule has 1 aliphatic heterocycles. The quantitative estimate of drug-likeness (QED) is 0.873. The Morgan fingerprint density at radius 2 is 2.25 bits per heavy atom. The molecule has 20 heavy (non-hydrogen) atoms. The lowest BCUT2D eigenvalue weighted by molar-refractivity contribution is -0.128. The highest BCUT2D eigenvalue weighted by Gasteiger charge is 2.40. The maximum atomic E-state index is 12.6. The number of hydrogen-bond donors (Lipinski definition) is 2. The fourth-order valence-electron chi connectivity index (χ4n) is 2.99. The van der Waals surface area contributed by atoms with Gasteiger partial charge in [0.15, 0.2) is 0 Å². The number of hydrogen-bond acceptors (Lipinski definition) is 2. The Hall–Kier alpha value is -1.06. The van der Waals surface area contributed by atoms with Gasteiger partial charge in [0.25, 0.3) is 0 Å². The fraction of sp³-hybridized carbons (Fsp3) is 0.562. The second-order valence-electron chi connectivity index (χ2n) is 5.58. The van der Waals surface area contributed by atoms with Crippen LogP contribution in [0.3, 0.4) is 0 Å².